The number of aromatic hydroxyl groups is 2. The Bertz CT molecular complexity index is 617. The van der Waals surface area contributed by atoms with Gasteiger partial charge in [-0.2, -0.15) is 0 Å². The lowest BCUT2D eigenvalue weighted by Gasteiger charge is -2.09. The Kier molecular flexibility index (Phi) is 3.50. The minimum Gasteiger partial charge on any atom is -0.504 e. The van der Waals surface area contributed by atoms with E-state index in [1.165, 1.54) is 18.2 Å². The van der Waals surface area contributed by atoms with Gasteiger partial charge < -0.3 is 15.5 Å². The Morgan fingerprint density at radius 3 is 2.37 bits per heavy atom. The molecule has 0 amide bonds. The fraction of sp³-hybridized carbons (Fsp3) is 0.0769. The van der Waals surface area contributed by atoms with Crippen molar-refractivity contribution in [3.05, 3.63) is 53.3 Å². The van der Waals surface area contributed by atoms with E-state index >= 15 is 0 Å². The lowest BCUT2D eigenvalue weighted by Crippen LogP contribution is -2.03. The van der Waals surface area contributed by atoms with Crippen LogP contribution in [-0.2, 0) is 6.54 Å². The third kappa shape index (κ3) is 2.90. The Labute approximate surface area is 106 Å². The topological polar surface area (TPSA) is 52.5 Å². The summed E-state index contributed by atoms with van der Waals surface area (Å²) in [6.45, 7) is 0.0354. The van der Waals surface area contributed by atoms with Crippen LogP contribution in [0.25, 0.3) is 0 Å². The van der Waals surface area contributed by atoms with Crippen LogP contribution in [0, 0.1) is 17.5 Å². The van der Waals surface area contributed by atoms with Crippen LogP contribution in [-0.4, -0.2) is 10.2 Å². The van der Waals surface area contributed by atoms with E-state index < -0.39 is 17.5 Å². The molecule has 2 aromatic carbocycles. The quantitative estimate of drug-likeness (QED) is 0.592. The van der Waals surface area contributed by atoms with Crippen LogP contribution in [0.15, 0.2) is 30.3 Å². The second kappa shape index (κ2) is 5.09. The van der Waals surface area contributed by atoms with Crippen molar-refractivity contribution >= 4 is 5.69 Å². The summed E-state index contributed by atoms with van der Waals surface area (Å²) in [6, 6.07) is 5.28. The van der Waals surface area contributed by atoms with E-state index in [9.17, 15) is 18.3 Å². The van der Waals surface area contributed by atoms with Gasteiger partial charge in [0.2, 0.25) is 0 Å². The molecule has 0 unspecified atom stereocenters. The fourth-order valence-corrected chi connectivity index (χ4v) is 1.56. The summed E-state index contributed by atoms with van der Waals surface area (Å²) in [6.07, 6.45) is 0. The number of phenols is 2. The van der Waals surface area contributed by atoms with E-state index in [0.717, 1.165) is 6.07 Å². The number of nitrogens with one attached hydrogen (secondary N) is 1. The molecule has 0 atom stereocenters. The van der Waals surface area contributed by atoms with Crippen molar-refractivity contribution in [2.24, 2.45) is 0 Å². The standard InChI is InChI=1S/C13H10F3NO2/c14-8-4-9(15)13(16)10(5-8)17-6-7-1-2-11(18)12(19)3-7/h1-5,17-19H,6H2. The maximum Gasteiger partial charge on any atom is 0.182 e. The average molecular weight is 269 g/mol. The number of hydrogen-bond donors (Lipinski definition) is 3. The van der Waals surface area contributed by atoms with Gasteiger partial charge in [-0.3, -0.25) is 0 Å². The maximum atomic E-state index is 13.3. The van der Waals surface area contributed by atoms with Crippen LogP contribution in [0.3, 0.4) is 0 Å². The summed E-state index contributed by atoms with van der Waals surface area (Å²) in [5, 5.41) is 20.9. The van der Waals surface area contributed by atoms with E-state index in [4.69, 9.17) is 5.11 Å². The van der Waals surface area contributed by atoms with Crippen LogP contribution in [0.1, 0.15) is 5.56 Å². The second-order valence-electron chi connectivity index (χ2n) is 3.93. The molecule has 3 N–H and O–H groups in total. The summed E-state index contributed by atoms with van der Waals surface area (Å²) < 4.78 is 39.2. The number of anilines is 1. The van der Waals surface area contributed by atoms with Crippen LogP contribution < -0.4 is 5.32 Å². The van der Waals surface area contributed by atoms with Crippen molar-refractivity contribution in [2.75, 3.05) is 5.32 Å². The van der Waals surface area contributed by atoms with E-state index in [1.54, 1.807) is 0 Å². The minimum atomic E-state index is -1.28. The molecule has 0 saturated heterocycles. The molecule has 0 aromatic heterocycles. The summed E-state index contributed by atoms with van der Waals surface area (Å²) in [5.41, 5.74) is 0.199. The highest BCUT2D eigenvalue weighted by molar-refractivity contribution is 5.47. The molecule has 0 bridgehead atoms. The molecule has 0 aliphatic heterocycles. The summed E-state index contributed by atoms with van der Waals surface area (Å²) in [4.78, 5) is 0. The van der Waals surface area contributed by atoms with Gasteiger partial charge in [0.25, 0.3) is 0 Å². The molecule has 0 radical (unpaired) electrons. The highest BCUT2D eigenvalue weighted by Gasteiger charge is 2.11. The summed E-state index contributed by atoms with van der Waals surface area (Å²) in [5.74, 6) is -3.97. The van der Waals surface area contributed by atoms with Crippen LogP contribution in [0.4, 0.5) is 18.9 Å². The number of phenolic OH excluding ortho intramolecular Hbond substituents is 2. The predicted molar refractivity (Wildman–Crippen MR) is 63.4 cm³/mol. The zero-order valence-electron chi connectivity index (χ0n) is 9.62. The first-order valence-corrected chi connectivity index (χ1v) is 5.36. The smallest absolute Gasteiger partial charge is 0.182 e. The van der Waals surface area contributed by atoms with E-state index in [-0.39, 0.29) is 23.7 Å². The van der Waals surface area contributed by atoms with E-state index in [0.29, 0.717) is 11.6 Å². The lowest BCUT2D eigenvalue weighted by atomic mass is 10.2. The molecule has 19 heavy (non-hydrogen) atoms. The predicted octanol–water partition coefficient (Wildman–Crippen LogP) is 3.13. The van der Waals surface area contributed by atoms with Gasteiger partial charge in [0.1, 0.15) is 5.82 Å². The van der Waals surface area contributed by atoms with Crippen molar-refractivity contribution in [3.8, 4) is 11.5 Å². The highest BCUT2D eigenvalue weighted by Crippen LogP contribution is 2.26. The number of hydrogen-bond acceptors (Lipinski definition) is 3. The van der Waals surface area contributed by atoms with Crippen molar-refractivity contribution in [3.63, 3.8) is 0 Å². The number of rotatable bonds is 3. The first-order valence-electron chi connectivity index (χ1n) is 5.36. The van der Waals surface area contributed by atoms with Crippen molar-refractivity contribution < 1.29 is 23.4 Å². The Morgan fingerprint density at radius 1 is 0.947 bits per heavy atom. The van der Waals surface area contributed by atoms with Gasteiger partial charge in [-0.15, -0.1) is 0 Å². The van der Waals surface area contributed by atoms with Gasteiger partial charge >= 0.3 is 0 Å². The van der Waals surface area contributed by atoms with Gasteiger partial charge in [-0.25, -0.2) is 13.2 Å². The Morgan fingerprint density at radius 2 is 1.68 bits per heavy atom. The first-order chi connectivity index (χ1) is 8.97. The maximum absolute atomic E-state index is 13.3. The molecule has 0 aliphatic carbocycles. The van der Waals surface area contributed by atoms with Gasteiger partial charge in [0.15, 0.2) is 23.1 Å². The van der Waals surface area contributed by atoms with Crippen molar-refractivity contribution in [1.82, 2.24) is 0 Å². The van der Waals surface area contributed by atoms with Gasteiger partial charge in [0, 0.05) is 18.7 Å². The Hall–Kier alpha value is -2.37. The zero-order chi connectivity index (χ0) is 14.0. The molecule has 6 heteroatoms. The molecule has 2 aromatic rings. The molecule has 0 aliphatic rings. The van der Waals surface area contributed by atoms with Gasteiger partial charge in [-0.1, -0.05) is 6.07 Å². The average Bonchev–Trinajstić information content (AvgIpc) is 2.36. The normalized spacial score (nSPS) is 10.5. The Balaban J connectivity index is 2.16. The summed E-state index contributed by atoms with van der Waals surface area (Å²) in [7, 11) is 0. The fourth-order valence-electron chi connectivity index (χ4n) is 1.56. The van der Waals surface area contributed by atoms with Gasteiger partial charge in [0.05, 0.1) is 5.69 Å². The second-order valence-corrected chi connectivity index (χ2v) is 3.93. The number of halogens is 3. The first kappa shape index (κ1) is 13.1. The van der Waals surface area contributed by atoms with Crippen LogP contribution in [0.5, 0.6) is 11.5 Å². The largest absolute Gasteiger partial charge is 0.504 e. The SMILES string of the molecule is Oc1ccc(CNc2cc(F)cc(F)c2F)cc1O. The van der Waals surface area contributed by atoms with Crippen molar-refractivity contribution in [1.29, 1.82) is 0 Å². The van der Waals surface area contributed by atoms with E-state index in [1.807, 2.05) is 0 Å². The molecule has 0 fully saturated rings. The lowest BCUT2D eigenvalue weighted by molar-refractivity contribution is 0.403. The monoisotopic (exact) mass is 269 g/mol. The summed E-state index contributed by atoms with van der Waals surface area (Å²) >= 11 is 0. The van der Waals surface area contributed by atoms with E-state index in [2.05, 4.69) is 5.32 Å². The third-order valence-corrected chi connectivity index (χ3v) is 2.52. The molecule has 0 spiro atoms. The molecule has 3 nitrogen and oxygen atoms in total. The molecular formula is C13H10F3NO2. The molecule has 0 saturated carbocycles. The highest BCUT2D eigenvalue weighted by atomic mass is 19.2. The van der Waals surface area contributed by atoms with Crippen LogP contribution in [0.2, 0.25) is 0 Å². The van der Waals surface area contributed by atoms with Gasteiger partial charge in [-0.05, 0) is 17.7 Å². The molecular weight excluding hydrogens is 259 g/mol. The minimum absolute atomic E-state index is 0.0354. The third-order valence-electron chi connectivity index (χ3n) is 2.52. The zero-order valence-corrected chi connectivity index (χ0v) is 9.62. The van der Waals surface area contributed by atoms with Crippen molar-refractivity contribution in [2.45, 2.75) is 6.54 Å². The molecule has 2 rings (SSSR count). The molecule has 100 valence electrons. The number of benzene rings is 2. The molecule has 0 heterocycles. The van der Waals surface area contributed by atoms with Crippen LogP contribution >= 0.6 is 0 Å².